The fourth-order valence-electron chi connectivity index (χ4n) is 12.9. The van der Waals surface area contributed by atoms with Crippen LogP contribution in [0.3, 0.4) is 0 Å². The number of pyridine rings is 2. The van der Waals surface area contributed by atoms with E-state index in [1.54, 1.807) is 0 Å². The quantitative estimate of drug-likeness (QED) is 0.0547. The average molecular weight is 1170 g/mol. The summed E-state index contributed by atoms with van der Waals surface area (Å²) in [5, 5.41) is 0. The third-order valence-corrected chi connectivity index (χ3v) is 18.1. The van der Waals surface area contributed by atoms with Gasteiger partial charge in [0.1, 0.15) is 31.3 Å². The maximum Gasteiger partial charge on any atom is 0.182 e. The zero-order chi connectivity index (χ0) is 61.3. The lowest BCUT2D eigenvalue weighted by molar-refractivity contribution is -0.697. The molecule has 7 aliphatic heterocycles. The fraction of sp³-hybridized carbons (Fsp3) is 0.333. The molecule has 11 rings (SSSR count). The molecule has 10 heteroatoms. The normalized spacial score (nSPS) is 17.3. The number of aryl methyl sites for hydroxylation is 1. The van der Waals surface area contributed by atoms with E-state index in [1.165, 1.54) is 83.1 Å². The van der Waals surface area contributed by atoms with Crippen LogP contribution in [0.2, 0.25) is 0 Å². The summed E-state index contributed by atoms with van der Waals surface area (Å²) in [7, 11) is 0. The Bertz CT molecular complexity index is 3910. The first-order valence-corrected chi connectivity index (χ1v) is 32.5. The van der Waals surface area contributed by atoms with Crippen LogP contribution < -0.4 is 18.6 Å². The van der Waals surface area contributed by atoms with Crippen molar-refractivity contribution in [1.82, 2.24) is 9.80 Å². The molecule has 9 heterocycles. The van der Waals surface area contributed by atoms with Crippen molar-refractivity contribution < 1.29 is 18.6 Å². The molecule has 0 radical (unpaired) electrons. The molecule has 2 aromatic carbocycles. The number of hydrogen-bond acceptors (Lipinski definition) is 8. The monoisotopic (exact) mass is 1170 g/mol. The Balaban J connectivity index is 0.900. The van der Waals surface area contributed by atoms with Gasteiger partial charge in [0.2, 0.25) is 0 Å². The third kappa shape index (κ3) is 13.1. The van der Waals surface area contributed by atoms with Crippen molar-refractivity contribution in [1.29, 1.82) is 0 Å². The number of ether oxygens (including phenoxy) is 2. The van der Waals surface area contributed by atoms with E-state index in [1.807, 2.05) is 0 Å². The molecule has 0 atom stereocenters. The minimum absolute atomic E-state index is 0.510. The van der Waals surface area contributed by atoms with Crippen LogP contribution in [0.1, 0.15) is 145 Å². The molecule has 0 fully saturated rings. The van der Waals surface area contributed by atoms with E-state index in [4.69, 9.17) is 29.4 Å². The van der Waals surface area contributed by atoms with Gasteiger partial charge >= 0.3 is 0 Å². The zero-order valence-electron chi connectivity index (χ0n) is 53.7. The summed E-state index contributed by atoms with van der Waals surface area (Å²) < 4.78 is 17.7. The van der Waals surface area contributed by atoms with Crippen LogP contribution in [-0.4, -0.2) is 58.9 Å². The van der Waals surface area contributed by atoms with Crippen molar-refractivity contribution in [2.45, 2.75) is 147 Å². The Morgan fingerprint density at radius 3 is 1.31 bits per heavy atom. The second-order valence-electron chi connectivity index (χ2n) is 23.7. The van der Waals surface area contributed by atoms with Crippen LogP contribution >= 0.6 is 0 Å². The molecule has 88 heavy (non-hydrogen) atoms. The van der Waals surface area contributed by atoms with Gasteiger partial charge in [-0.1, -0.05) is 85.1 Å². The molecular weight excluding hydrogens is 1080 g/mol. The lowest BCUT2D eigenvalue weighted by atomic mass is 9.88. The number of hydrogen-bond donors (Lipinski definition) is 0. The second-order valence-corrected chi connectivity index (χ2v) is 23.7. The van der Waals surface area contributed by atoms with Crippen LogP contribution in [0.25, 0.3) is 22.3 Å². The predicted molar refractivity (Wildman–Crippen MR) is 364 cm³/mol. The molecule has 7 aliphatic rings. The van der Waals surface area contributed by atoms with Crippen LogP contribution in [-0.2, 0) is 13.1 Å². The van der Waals surface area contributed by atoms with Gasteiger partial charge in [0.05, 0.1) is 52.2 Å². The van der Waals surface area contributed by atoms with E-state index < -0.39 is 0 Å². The highest BCUT2D eigenvalue weighted by molar-refractivity contribution is 6.37. The maximum absolute atomic E-state index is 6.63. The Labute approximate surface area is 523 Å². The zero-order valence-corrected chi connectivity index (χ0v) is 53.7. The maximum atomic E-state index is 6.63. The minimum Gasteiger partial charge on any atom is -0.492 e. The van der Waals surface area contributed by atoms with E-state index in [-0.39, 0.29) is 0 Å². The van der Waals surface area contributed by atoms with Gasteiger partial charge in [-0.15, -0.1) is 0 Å². The fourth-order valence-corrected chi connectivity index (χ4v) is 12.9. The molecule has 450 valence electrons. The van der Waals surface area contributed by atoms with E-state index in [0.717, 1.165) is 140 Å². The average Bonchev–Trinajstić information content (AvgIpc) is 1.96. The molecule has 0 saturated carbocycles. The van der Waals surface area contributed by atoms with Gasteiger partial charge in [0.25, 0.3) is 0 Å². The van der Waals surface area contributed by atoms with Gasteiger partial charge in [-0.25, -0.2) is 29.1 Å². The largest absolute Gasteiger partial charge is 0.492 e. The van der Waals surface area contributed by atoms with Gasteiger partial charge in [-0.3, -0.25) is 0 Å². The highest BCUT2D eigenvalue weighted by Crippen LogP contribution is 2.45. The van der Waals surface area contributed by atoms with E-state index in [0.29, 0.717) is 26.3 Å². The smallest absolute Gasteiger partial charge is 0.182 e. The summed E-state index contributed by atoms with van der Waals surface area (Å²) in [5.74, 6) is 1.61. The van der Waals surface area contributed by atoms with Gasteiger partial charge in [0.15, 0.2) is 31.3 Å². The molecule has 0 N–H and O–H groups in total. The number of aliphatic imine (C=N–C) groups is 4. The van der Waals surface area contributed by atoms with Gasteiger partial charge in [-0.2, -0.15) is 0 Å². The topological polar surface area (TPSA) is 82.1 Å². The predicted octanol–water partition coefficient (Wildman–Crippen LogP) is 17.4. The first-order valence-electron chi connectivity index (χ1n) is 32.5. The molecular formula is C78H88N8O2+2. The molecule has 2 aromatic heterocycles. The van der Waals surface area contributed by atoms with Crippen molar-refractivity contribution >= 4 is 34.0 Å². The summed E-state index contributed by atoms with van der Waals surface area (Å²) in [6.45, 7) is 26.9. The SMILES string of the molecule is CCCCCN1C=CC(=C2C=CN(CCOc3cccc(C4=C5N=C(C=C6N=C(C(CC)=C6C)C(c6cccc(OCC[n+]7ccc(-c8cc[n+](CCCCC)cc8)cc7)c6)=C6N=C(C=C7N=C4C(CC)=C7C)C(C)=C6CC)C(C)=C5CC)c3)C=C2)C=C1. The molecule has 10 nitrogen and oxygen atoms in total. The van der Waals surface area contributed by atoms with Gasteiger partial charge in [-0.05, 0) is 205 Å². The second kappa shape index (κ2) is 27.9. The van der Waals surface area contributed by atoms with Crippen molar-refractivity contribution in [3.63, 3.8) is 0 Å². The van der Waals surface area contributed by atoms with Crippen LogP contribution in [0.4, 0.5) is 0 Å². The van der Waals surface area contributed by atoms with Crippen LogP contribution in [0.15, 0.2) is 257 Å². The highest BCUT2D eigenvalue weighted by atomic mass is 16.5. The Morgan fingerprint density at radius 2 is 0.852 bits per heavy atom. The summed E-state index contributed by atoms with van der Waals surface area (Å²) >= 11 is 0. The Morgan fingerprint density at radius 1 is 0.420 bits per heavy atom. The first-order chi connectivity index (χ1) is 43.0. The summed E-state index contributed by atoms with van der Waals surface area (Å²) in [6.07, 6.45) is 41.2. The van der Waals surface area contributed by atoms with Crippen molar-refractivity contribution in [3.8, 4) is 22.6 Å². The first kappa shape index (κ1) is 60.9. The number of unbranched alkanes of at least 4 members (excludes halogenated alkanes) is 4. The minimum atomic E-state index is 0.510. The van der Waals surface area contributed by atoms with E-state index in [2.05, 4.69) is 247 Å². The van der Waals surface area contributed by atoms with Crippen molar-refractivity contribution in [2.75, 3.05) is 26.3 Å². The van der Waals surface area contributed by atoms with E-state index in [9.17, 15) is 0 Å². The van der Waals surface area contributed by atoms with Crippen LogP contribution in [0.5, 0.6) is 11.5 Å². The molecule has 0 saturated heterocycles. The lowest BCUT2D eigenvalue weighted by Gasteiger charge is -2.22. The van der Waals surface area contributed by atoms with E-state index >= 15 is 0 Å². The molecule has 0 spiro atoms. The number of nitrogens with zero attached hydrogens (tertiary/aromatic N) is 8. The Kier molecular flexibility index (Phi) is 19.3. The van der Waals surface area contributed by atoms with Gasteiger partial charge < -0.3 is 19.3 Å². The number of benzene rings is 2. The van der Waals surface area contributed by atoms with Crippen molar-refractivity contribution in [3.05, 3.63) is 248 Å². The van der Waals surface area contributed by atoms with Crippen LogP contribution in [0, 0.1) is 0 Å². The summed E-state index contributed by atoms with van der Waals surface area (Å²) in [6, 6.07) is 25.9. The number of fused-ring (bicyclic) bond motifs is 4. The van der Waals surface area contributed by atoms with Crippen molar-refractivity contribution in [2.24, 2.45) is 20.0 Å². The Hall–Kier alpha value is -8.76. The third-order valence-electron chi connectivity index (χ3n) is 18.1. The molecule has 4 aromatic rings. The number of rotatable bonds is 23. The molecule has 0 unspecified atom stereocenters. The summed E-state index contributed by atoms with van der Waals surface area (Å²) in [5.41, 5.74) is 25.8. The molecule has 0 amide bonds. The summed E-state index contributed by atoms with van der Waals surface area (Å²) in [4.78, 5) is 27.2. The lowest BCUT2D eigenvalue weighted by Crippen LogP contribution is -2.35. The van der Waals surface area contributed by atoms with Gasteiger partial charge in [0, 0.05) is 73.2 Å². The molecule has 0 aliphatic carbocycles. The number of allylic oxidation sites excluding steroid dienone is 18. The standard InChI is InChI=1S/C78H88N8O2/c1-11-17-19-35-83-37-27-57(28-38-83)59-31-41-85(42-32-59)45-47-87-63-25-21-23-61(49-63)73-75-65(13-3)53(7)69(79-75)51-71-55(9)67(15-5)77(81-71)74(78-68(16-6)56(10)72(82-78)52-70-54(8)66(14-4)76(73)80-70)62-24-22-26-64(50-62)88-48-46-86-43-33-60(34-44-86)58-29-39-84(40-30-58)36-20-18-12-2/h21-34,37-44,49-52H,11-20,35-36,45-48H2,1-10H3/q+2. The number of aromatic nitrogens is 2. The highest BCUT2D eigenvalue weighted by Gasteiger charge is 2.34. The molecule has 8 bridgehead atoms.